The molecule has 0 radical (unpaired) electrons. The van der Waals surface area contributed by atoms with Gasteiger partial charge >= 0.3 is 0 Å². The molecule has 1 aromatic heterocycles. The van der Waals surface area contributed by atoms with Crippen LogP contribution < -0.4 is 5.32 Å². The Hall–Kier alpha value is -2.75. The molecule has 7 nitrogen and oxygen atoms in total. The second-order valence-corrected chi connectivity index (χ2v) is 9.80. The summed E-state index contributed by atoms with van der Waals surface area (Å²) in [5.74, 6) is -0.870. The maximum Gasteiger partial charge on any atom is 0.243 e. The second-order valence-electron chi connectivity index (χ2n) is 7.86. The zero-order valence-corrected chi connectivity index (χ0v) is 18.6. The first-order valence-electron chi connectivity index (χ1n) is 10.5. The predicted octanol–water partition coefficient (Wildman–Crippen LogP) is 3.47. The Morgan fingerprint density at radius 3 is 2.53 bits per heavy atom. The second kappa shape index (κ2) is 9.40. The number of amides is 1. The van der Waals surface area contributed by atoms with Crippen LogP contribution in [-0.4, -0.2) is 50.0 Å². The highest BCUT2D eigenvalue weighted by atomic mass is 32.2. The van der Waals surface area contributed by atoms with Gasteiger partial charge in [-0.25, -0.2) is 12.8 Å². The molecule has 9 heteroatoms. The van der Waals surface area contributed by atoms with Gasteiger partial charge in [0.25, 0.3) is 0 Å². The van der Waals surface area contributed by atoms with Gasteiger partial charge in [-0.1, -0.05) is 6.07 Å². The molecule has 2 aromatic carbocycles. The molecule has 1 fully saturated rings. The van der Waals surface area contributed by atoms with Crippen LogP contribution in [0.25, 0.3) is 10.9 Å². The summed E-state index contributed by atoms with van der Waals surface area (Å²) in [6, 6.07) is 12.5. The first-order chi connectivity index (χ1) is 15.4. The van der Waals surface area contributed by atoms with Gasteiger partial charge in [-0.15, -0.1) is 0 Å². The average molecular weight is 460 g/mol. The summed E-state index contributed by atoms with van der Waals surface area (Å²) >= 11 is 0. The monoisotopic (exact) mass is 459 g/mol. The van der Waals surface area contributed by atoms with Gasteiger partial charge in [0.1, 0.15) is 5.82 Å². The number of sulfonamides is 1. The summed E-state index contributed by atoms with van der Waals surface area (Å²) in [5, 5.41) is 3.97. The van der Waals surface area contributed by atoms with Crippen molar-refractivity contribution >= 4 is 32.5 Å². The highest BCUT2D eigenvalue weighted by Crippen LogP contribution is 2.28. The van der Waals surface area contributed by atoms with Crippen LogP contribution in [0.1, 0.15) is 12.8 Å². The van der Waals surface area contributed by atoms with E-state index in [1.807, 2.05) is 30.5 Å². The summed E-state index contributed by atoms with van der Waals surface area (Å²) in [4.78, 5) is 13.0. The number of ether oxygens (including phenoxy) is 1. The summed E-state index contributed by atoms with van der Waals surface area (Å²) in [6.07, 6.45) is 2.83. The zero-order chi connectivity index (χ0) is 22.7. The van der Waals surface area contributed by atoms with E-state index in [0.29, 0.717) is 19.4 Å². The van der Waals surface area contributed by atoms with Crippen molar-refractivity contribution in [2.75, 3.05) is 32.1 Å². The summed E-state index contributed by atoms with van der Waals surface area (Å²) in [7, 11) is -2.04. The molecule has 0 unspecified atom stereocenters. The van der Waals surface area contributed by atoms with E-state index < -0.39 is 15.8 Å². The molecule has 4 rings (SSSR count). The first-order valence-corrected chi connectivity index (χ1v) is 12.0. The van der Waals surface area contributed by atoms with E-state index in [4.69, 9.17) is 4.74 Å². The number of anilines is 1. The number of hydrogen-bond donors (Lipinski definition) is 1. The number of rotatable bonds is 7. The molecular formula is C23H26FN3O4S. The van der Waals surface area contributed by atoms with E-state index in [-0.39, 0.29) is 29.8 Å². The molecule has 32 heavy (non-hydrogen) atoms. The smallest absolute Gasteiger partial charge is 0.243 e. The quantitative estimate of drug-likeness (QED) is 0.587. The fourth-order valence-electron chi connectivity index (χ4n) is 4.07. The van der Waals surface area contributed by atoms with Crippen molar-refractivity contribution < 1.29 is 22.3 Å². The van der Waals surface area contributed by atoms with Gasteiger partial charge in [-0.05, 0) is 55.3 Å². The van der Waals surface area contributed by atoms with Crippen molar-refractivity contribution in [3.8, 4) is 0 Å². The van der Waals surface area contributed by atoms with E-state index in [9.17, 15) is 17.6 Å². The number of nitrogens with zero attached hydrogens (tertiary/aromatic N) is 2. The number of nitrogens with one attached hydrogen (secondary N) is 1. The molecule has 0 aliphatic carbocycles. The Balaban J connectivity index is 1.41. The first kappa shape index (κ1) is 22.4. The molecule has 2 heterocycles. The highest BCUT2D eigenvalue weighted by Gasteiger charge is 2.32. The maximum atomic E-state index is 13.1. The van der Waals surface area contributed by atoms with E-state index in [1.54, 1.807) is 7.11 Å². The largest absolute Gasteiger partial charge is 0.383 e. The van der Waals surface area contributed by atoms with Crippen molar-refractivity contribution in [1.82, 2.24) is 8.87 Å². The molecule has 0 atom stereocenters. The van der Waals surface area contributed by atoms with E-state index in [2.05, 4.69) is 9.88 Å². The minimum absolute atomic E-state index is 0.0615. The summed E-state index contributed by atoms with van der Waals surface area (Å²) in [5.41, 5.74) is 1.75. The van der Waals surface area contributed by atoms with Crippen LogP contribution in [0.5, 0.6) is 0 Å². The fraction of sp³-hybridized carbons (Fsp3) is 0.348. The number of aromatic nitrogens is 1. The van der Waals surface area contributed by atoms with Crippen LogP contribution in [0, 0.1) is 11.7 Å². The number of methoxy groups -OCH3 is 1. The predicted molar refractivity (Wildman–Crippen MR) is 120 cm³/mol. The third-order valence-electron chi connectivity index (χ3n) is 5.88. The van der Waals surface area contributed by atoms with Crippen LogP contribution >= 0.6 is 0 Å². The number of piperidine rings is 1. The zero-order valence-electron chi connectivity index (χ0n) is 17.8. The van der Waals surface area contributed by atoms with Gasteiger partial charge in [0, 0.05) is 44.2 Å². The number of hydrogen-bond acceptors (Lipinski definition) is 4. The minimum Gasteiger partial charge on any atom is -0.383 e. The number of benzene rings is 2. The number of fused-ring (bicyclic) bond motifs is 1. The van der Waals surface area contributed by atoms with E-state index >= 15 is 0 Å². The SMILES string of the molecule is COCCn1ccc2c(NC(=O)C3CCN(S(=O)(=O)c4ccc(F)cc4)CC3)cccc21. The van der Waals surface area contributed by atoms with Crippen molar-refractivity contribution in [2.45, 2.75) is 24.3 Å². The molecule has 1 N–H and O–H groups in total. The van der Waals surface area contributed by atoms with Gasteiger partial charge in [0.05, 0.1) is 22.7 Å². The standard InChI is InChI=1S/C23H26FN3O4S/c1-31-16-15-26-12-11-20-21(3-2-4-22(20)26)25-23(28)17-9-13-27(14-10-17)32(29,30)19-7-5-18(24)6-8-19/h2-8,11-12,17H,9-10,13-16H2,1H3,(H,25,28). The van der Waals surface area contributed by atoms with E-state index in [1.165, 1.54) is 16.4 Å². The lowest BCUT2D eigenvalue weighted by atomic mass is 9.97. The van der Waals surface area contributed by atoms with Crippen molar-refractivity contribution in [2.24, 2.45) is 5.92 Å². The Morgan fingerprint density at radius 2 is 1.84 bits per heavy atom. The fourth-order valence-corrected chi connectivity index (χ4v) is 5.54. The van der Waals surface area contributed by atoms with Crippen LogP contribution in [0.2, 0.25) is 0 Å². The van der Waals surface area contributed by atoms with Crippen LogP contribution in [0.3, 0.4) is 0 Å². The number of carbonyl (C=O) groups is 1. The third kappa shape index (κ3) is 4.55. The van der Waals surface area contributed by atoms with Crippen LogP contribution in [0.4, 0.5) is 10.1 Å². The molecular weight excluding hydrogens is 433 g/mol. The van der Waals surface area contributed by atoms with Crippen LogP contribution in [-0.2, 0) is 26.1 Å². The van der Waals surface area contributed by atoms with Gasteiger partial charge in [-0.2, -0.15) is 4.31 Å². The molecule has 1 aliphatic rings. The Morgan fingerprint density at radius 1 is 1.12 bits per heavy atom. The molecule has 3 aromatic rings. The van der Waals surface area contributed by atoms with Gasteiger partial charge < -0.3 is 14.6 Å². The van der Waals surface area contributed by atoms with Gasteiger partial charge in [0.2, 0.25) is 15.9 Å². The Labute approximate surface area is 186 Å². The lowest BCUT2D eigenvalue weighted by molar-refractivity contribution is -0.120. The molecule has 0 bridgehead atoms. The lowest BCUT2D eigenvalue weighted by Crippen LogP contribution is -2.41. The molecule has 1 saturated heterocycles. The lowest BCUT2D eigenvalue weighted by Gasteiger charge is -2.30. The van der Waals surface area contributed by atoms with E-state index in [0.717, 1.165) is 35.3 Å². The Kier molecular flexibility index (Phi) is 6.59. The van der Waals surface area contributed by atoms with Crippen LogP contribution in [0.15, 0.2) is 59.6 Å². The number of halogens is 1. The Bertz CT molecular complexity index is 1200. The maximum absolute atomic E-state index is 13.1. The molecule has 1 aliphatic heterocycles. The average Bonchev–Trinajstić information content (AvgIpc) is 3.22. The minimum atomic E-state index is -3.70. The summed E-state index contributed by atoms with van der Waals surface area (Å²) < 4.78 is 47.3. The molecule has 170 valence electrons. The van der Waals surface area contributed by atoms with Gasteiger partial charge in [-0.3, -0.25) is 4.79 Å². The van der Waals surface area contributed by atoms with Crippen molar-refractivity contribution in [3.63, 3.8) is 0 Å². The third-order valence-corrected chi connectivity index (χ3v) is 7.80. The molecule has 0 spiro atoms. The molecule has 0 saturated carbocycles. The van der Waals surface area contributed by atoms with Crippen molar-refractivity contribution in [3.05, 3.63) is 60.5 Å². The molecule has 1 amide bonds. The normalized spacial score (nSPS) is 15.8. The highest BCUT2D eigenvalue weighted by molar-refractivity contribution is 7.89. The topological polar surface area (TPSA) is 80.6 Å². The van der Waals surface area contributed by atoms with Crippen molar-refractivity contribution in [1.29, 1.82) is 0 Å². The number of carbonyl (C=O) groups excluding carboxylic acids is 1. The van der Waals surface area contributed by atoms with Gasteiger partial charge in [0.15, 0.2) is 0 Å². The summed E-state index contributed by atoms with van der Waals surface area (Å²) in [6.45, 7) is 1.81.